The van der Waals surface area contributed by atoms with Gasteiger partial charge in [-0.05, 0) is 38.0 Å². The van der Waals surface area contributed by atoms with Crippen LogP contribution in [0.25, 0.3) is 5.70 Å². The molecule has 1 aromatic rings. The Hall–Kier alpha value is -2.27. The van der Waals surface area contributed by atoms with Crippen LogP contribution in [0.2, 0.25) is 0 Å². The third-order valence-corrected chi connectivity index (χ3v) is 7.35. The van der Waals surface area contributed by atoms with Crippen molar-refractivity contribution < 1.29 is 19.4 Å². The molecule has 1 fully saturated rings. The van der Waals surface area contributed by atoms with Gasteiger partial charge in [0.25, 0.3) is 5.91 Å². The van der Waals surface area contributed by atoms with Crippen LogP contribution in [0.5, 0.6) is 0 Å². The van der Waals surface area contributed by atoms with Crippen molar-refractivity contribution in [1.82, 2.24) is 15.5 Å². The van der Waals surface area contributed by atoms with E-state index in [1.807, 2.05) is 20.8 Å². The van der Waals surface area contributed by atoms with Crippen molar-refractivity contribution in [2.24, 2.45) is 15.4 Å². The molecule has 35 heavy (non-hydrogen) atoms. The minimum atomic E-state index is -0.395. The number of halogens is 1. The third kappa shape index (κ3) is 6.91. The average molecular weight is 524 g/mol. The van der Waals surface area contributed by atoms with E-state index in [1.54, 1.807) is 13.0 Å². The summed E-state index contributed by atoms with van der Waals surface area (Å²) < 4.78 is 5.39. The largest absolute Gasteiger partial charge is 0.394 e. The first-order chi connectivity index (χ1) is 16.5. The maximum Gasteiger partial charge on any atom is 0.255 e. The number of fused-ring (bicyclic) bond motifs is 1. The minimum Gasteiger partial charge on any atom is -0.394 e. The summed E-state index contributed by atoms with van der Waals surface area (Å²) in [5.41, 5.74) is 0.776. The van der Waals surface area contributed by atoms with Gasteiger partial charge in [-0.25, -0.2) is 9.98 Å². The molecule has 0 spiro atoms. The Bertz CT molecular complexity index is 1020. The Morgan fingerprint density at radius 2 is 2.09 bits per heavy atom. The summed E-state index contributed by atoms with van der Waals surface area (Å²) in [6.07, 6.45) is 1.71. The predicted molar refractivity (Wildman–Crippen MR) is 140 cm³/mol. The fraction of sp³-hybridized carbons (Fsp3) is 0.583. The molecule has 1 aromatic heterocycles. The van der Waals surface area contributed by atoms with Crippen LogP contribution >= 0.6 is 22.9 Å². The maximum absolute atomic E-state index is 13.0. The van der Waals surface area contributed by atoms with Crippen LogP contribution < -0.4 is 10.6 Å². The SMILES string of the molecule is C=N/C(=N\C(=C(/C)Cl)c1cc2c(s1)CN(CC(=O)N[C@H](CO)C(C)(C)C)C2=O)NC1CCOCC1. The van der Waals surface area contributed by atoms with Gasteiger partial charge in [-0.2, -0.15) is 0 Å². The van der Waals surface area contributed by atoms with E-state index >= 15 is 0 Å². The van der Waals surface area contributed by atoms with E-state index < -0.39 is 6.04 Å². The van der Waals surface area contributed by atoms with Crippen molar-refractivity contribution in [3.63, 3.8) is 0 Å². The number of rotatable bonds is 7. The van der Waals surface area contributed by atoms with Crippen LogP contribution in [0, 0.1) is 5.41 Å². The second-order valence-corrected chi connectivity index (χ2v) is 11.5. The average Bonchev–Trinajstić information content (AvgIpc) is 3.33. The normalized spacial score (nSPS) is 18.7. The number of hydrogen-bond acceptors (Lipinski definition) is 6. The van der Waals surface area contributed by atoms with E-state index in [4.69, 9.17) is 16.3 Å². The molecule has 2 amide bonds. The lowest BCUT2D eigenvalue weighted by Crippen LogP contribution is -2.49. The minimum absolute atomic E-state index is 0.0723. The number of nitrogens with one attached hydrogen (secondary N) is 2. The first-order valence-electron chi connectivity index (χ1n) is 11.6. The molecule has 1 atom stereocenters. The molecular formula is C24H34ClN5O4S. The lowest BCUT2D eigenvalue weighted by molar-refractivity contribution is -0.123. The maximum atomic E-state index is 13.0. The molecule has 0 bridgehead atoms. The fourth-order valence-corrected chi connectivity index (χ4v) is 5.30. The molecule has 0 aromatic carbocycles. The Kier molecular flexibility index (Phi) is 9.09. The number of carbonyl (C=O) groups is 2. The van der Waals surface area contributed by atoms with Crippen LogP contribution in [-0.4, -0.2) is 72.9 Å². The van der Waals surface area contributed by atoms with E-state index in [9.17, 15) is 14.7 Å². The molecule has 2 aliphatic heterocycles. The van der Waals surface area contributed by atoms with Gasteiger partial charge in [-0.1, -0.05) is 32.4 Å². The number of ether oxygens (including phenoxy) is 1. The molecule has 11 heteroatoms. The van der Waals surface area contributed by atoms with Gasteiger partial charge in [-0.15, -0.1) is 11.3 Å². The zero-order valence-corrected chi connectivity index (χ0v) is 22.3. The lowest BCUT2D eigenvalue weighted by atomic mass is 9.87. The van der Waals surface area contributed by atoms with Crippen molar-refractivity contribution >= 4 is 53.1 Å². The van der Waals surface area contributed by atoms with Crippen LogP contribution in [0.15, 0.2) is 21.1 Å². The monoisotopic (exact) mass is 523 g/mol. The number of amides is 2. The number of carbonyl (C=O) groups excluding carboxylic acids is 2. The van der Waals surface area contributed by atoms with Gasteiger partial charge in [0.2, 0.25) is 11.9 Å². The van der Waals surface area contributed by atoms with E-state index in [-0.39, 0.29) is 36.4 Å². The van der Waals surface area contributed by atoms with Gasteiger partial charge in [-0.3, -0.25) is 9.59 Å². The highest BCUT2D eigenvalue weighted by Gasteiger charge is 2.33. The summed E-state index contributed by atoms with van der Waals surface area (Å²) in [5, 5.41) is 16.2. The van der Waals surface area contributed by atoms with E-state index in [1.165, 1.54) is 16.2 Å². The van der Waals surface area contributed by atoms with E-state index in [2.05, 4.69) is 27.3 Å². The summed E-state index contributed by atoms with van der Waals surface area (Å²) in [6.45, 7) is 12.6. The van der Waals surface area contributed by atoms with Gasteiger partial charge in [0.05, 0.1) is 35.3 Å². The smallest absolute Gasteiger partial charge is 0.255 e. The van der Waals surface area contributed by atoms with Crippen LogP contribution in [-0.2, 0) is 16.1 Å². The van der Waals surface area contributed by atoms with Gasteiger partial charge >= 0.3 is 0 Å². The first-order valence-corrected chi connectivity index (χ1v) is 12.8. The van der Waals surface area contributed by atoms with Gasteiger partial charge in [0.15, 0.2) is 0 Å². The number of allylic oxidation sites excluding steroid dienone is 1. The zero-order valence-electron chi connectivity index (χ0n) is 20.7. The Morgan fingerprint density at radius 3 is 2.63 bits per heavy atom. The molecule has 9 nitrogen and oxygen atoms in total. The number of hydrogen-bond donors (Lipinski definition) is 3. The molecule has 0 unspecified atom stereocenters. The summed E-state index contributed by atoms with van der Waals surface area (Å²) in [5.74, 6) is -0.139. The van der Waals surface area contributed by atoms with Crippen molar-refractivity contribution in [3.8, 4) is 0 Å². The highest BCUT2D eigenvalue weighted by Crippen LogP contribution is 2.36. The summed E-state index contributed by atoms with van der Waals surface area (Å²) >= 11 is 7.80. The van der Waals surface area contributed by atoms with Crippen molar-refractivity contribution in [2.75, 3.05) is 26.4 Å². The fourth-order valence-electron chi connectivity index (χ4n) is 3.88. The molecular weight excluding hydrogens is 490 g/mol. The molecule has 1 saturated heterocycles. The van der Waals surface area contributed by atoms with Crippen molar-refractivity contribution in [3.05, 3.63) is 26.4 Å². The number of aliphatic imine (C=N–C) groups is 2. The van der Waals surface area contributed by atoms with Crippen LogP contribution in [0.1, 0.15) is 60.6 Å². The molecule has 3 N–H and O–H groups in total. The molecule has 3 heterocycles. The Morgan fingerprint density at radius 1 is 1.40 bits per heavy atom. The third-order valence-electron chi connectivity index (χ3n) is 6.04. The molecule has 2 aliphatic rings. The van der Waals surface area contributed by atoms with Gasteiger partial charge in [0, 0.05) is 29.2 Å². The Labute approximate surface area is 215 Å². The quantitative estimate of drug-likeness (QED) is 0.375. The highest BCUT2D eigenvalue weighted by atomic mass is 35.5. The van der Waals surface area contributed by atoms with Crippen LogP contribution in [0.3, 0.4) is 0 Å². The van der Waals surface area contributed by atoms with Gasteiger partial charge in [0.1, 0.15) is 6.54 Å². The standard InChI is InChI=1S/C24H34ClN5O4S/c1-14(25)21(29-23(26-5)27-15-6-8-34-9-7-15)17-10-16-18(35-17)11-30(22(16)33)12-20(32)28-19(13-31)24(2,3)4/h10,15,19,31H,5-9,11-13H2,1-4H3,(H,27,29)(H,28,32)/b21-14+/t19-/m1/s1. The Balaban J connectivity index is 1.71. The molecule has 3 rings (SSSR count). The number of aliphatic hydroxyl groups excluding tert-OH is 1. The van der Waals surface area contributed by atoms with Crippen molar-refractivity contribution in [1.29, 1.82) is 0 Å². The first kappa shape index (κ1) is 27.3. The number of aliphatic hydroxyl groups is 1. The van der Waals surface area contributed by atoms with E-state index in [0.29, 0.717) is 42.0 Å². The number of thiophene rings is 1. The second kappa shape index (κ2) is 11.6. The van der Waals surface area contributed by atoms with Crippen molar-refractivity contribution in [2.45, 2.75) is 59.2 Å². The summed E-state index contributed by atoms with van der Waals surface area (Å²) in [6, 6.07) is 1.57. The van der Waals surface area contributed by atoms with Gasteiger partial charge < -0.3 is 25.4 Å². The lowest BCUT2D eigenvalue weighted by Gasteiger charge is -2.30. The predicted octanol–water partition coefficient (Wildman–Crippen LogP) is 2.98. The highest BCUT2D eigenvalue weighted by molar-refractivity contribution is 7.13. The number of guanidine groups is 1. The number of nitrogens with zero attached hydrogens (tertiary/aromatic N) is 3. The summed E-state index contributed by atoms with van der Waals surface area (Å²) in [7, 11) is 0. The zero-order chi connectivity index (χ0) is 25.8. The molecule has 0 radical (unpaired) electrons. The molecule has 192 valence electrons. The molecule has 0 aliphatic carbocycles. The summed E-state index contributed by atoms with van der Waals surface area (Å²) in [4.78, 5) is 37.3. The topological polar surface area (TPSA) is 116 Å². The van der Waals surface area contributed by atoms with Crippen LogP contribution in [0.4, 0.5) is 0 Å². The van der Waals surface area contributed by atoms with E-state index in [0.717, 1.165) is 22.6 Å². The molecule has 0 saturated carbocycles. The second-order valence-electron chi connectivity index (χ2n) is 9.78.